The zero-order chi connectivity index (χ0) is 24.1. The Morgan fingerprint density at radius 1 is 1.06 bits per heavy atom. The van der Waals surface area contributed by atoms with Crippen molar-refractivity contribution >= 4 is 18.0 Å². The van der Waals surface area contributed by atoms with Crippen molar-refractivity contribution in [3.8, 4) is 11.1 Å². The smallest absolute Gasteiger partial charge is 0.407 e. The number of aliphatic carboxylic acids is 1. The molecule has 0 radical (unpaired) electrons. The third-order valence-electron chi connectivity index (χ3n) is 7.18. The third-order valence-corrected chi connectivity index (χ3v) is 7.18. The van der Waals surface area contributed by atoms with Crippen LogP contribution >= 0.6 is 0 Å². The molecule has 0 bridgehead atoms. The summed E-state index contributed by atoms with van der Waals surface area (Å²) in [4.78, 5) is 36.0. The van der Waals surface area contributed by atoms with Crippen molar-refractivity contribution in [2.24, 2.45) is 5.41 Å². The van der Waals surface area contributed by atoms with Crippen molar-refractivity contribution in [2.45, 2.75) is 57.4 Å². The summed E-state index contributed by atoms with van der Waals surface area (Å²) in [6.07, 6.45) is 2.96. The lowest BCUT2D eigenvalue weighted by Gasteiger charge is -2.41. The van der Waals surface area contributed by atoms with Crippen molar-refractivity contribution in [1.29, 1.82) is 0 Å². The topological polar surface area (TPSA) is 105 Å². The van der Waals surface area contributed by atoms with E-state index >= 15 is 0 Å². The molecule has 4 rings (SSSR count). The maximum atomic E-state index is 12.5. The van der Waals surface area contributed by atoms with Gasteiger partial charge in [-0.05, 0) is 46.9 Å². The third kappa shape index (κ3) is 5.24. The highest BCUT2D eigenvalue weighted by atomic mass is 16.5. The fourth-order valence-electron chi connectivity index (χ4n) is 5.13. The van der Waals surface area contributed by atoms with Crippen LogP contribution in [0.1, 0.15) is 62.5 Å². The predicted molar refractivity (Wildman–Crippen MR) is 128 cm³/mol. The average molecular weight is 465 g/mol. The number of ether oxygens (including phenoxy) is 1. The number of hydrogen-bond donors (Lipinski definition) is 3. The summed E-state index contributed by atoms with van der Waals surface area (Å²) in [5.41, 5.74) is 4.39. The minimum atomic E-state index is -0.928. The van der Waals surface area contributed by atoms with Crippen molar-refractivity contribution in [2.75, 3.05) is 13.2 Å². The SMILES string of the molecule is CCC(CC(=O)O)NC(=O)CC1(CNC(=O)OCC2c3ccccc3-c3ccccc32)CCC1. The number of hydrogen-bond acceptors (Lipinski definition) is 4. The number of carbonyl (C=O) groups is 3. The molecule has 7 nitrogen and oxygen atoms in total. The van der Waals surface area contributed by atoms with Crippen molar-refractivity contribution in [1.82, 2.24) is 10.6 Å². The number of carboxylic acids is 1. The number of rotatable bonds is 10. The quantitative estimate of drug-likeness (QED) is 0.482. The molecule has 0 aliphatic heterocycles. The van der Waals surface area contributed by atoms with Crippen LogP contribution in [0.2, 0.25) is 0 Å². The molecule has 0 aromatic heterocycles. The molecule has 2 aliphatic rings. The molecule has 1 fully saturated rings. The van der Waals surface area contributed by atoms with Gasteiger partial charge in [0.25, 0.3) is 0 Å². The molecule has 2 amide bonds. The number of amides is 2. The first kappa shape index (κ1) is 23.8. The highest BCUT2D eigenvalue weighted by Crippen LogP contribution is 2.45. The lowest BCUT2D eigenvalue weighted by molar-refractivity contribution is -0.137. The molecule has 3 N–H and O–H groups in total. The van der Waals surface area contributed by atoms with E-state index in [1.54, 1.807) is 0 Å². The second-order valence-electron chi connectivity index (χ2n) is 9.48. The summed E-state index contributed by atoms with van der Waals surface area (Å²) in [5, 5.41) is 14.7. The fraction of sp³-hybridized carbons (Fsp3) is 0.444. The molecule has 2 aliphatic carbocycles. The highest BCUT2D eigenvalue weighted by Gasteiger charge is 2.39. The van der Waals surface area contributed by atoms with E-state index in [-0.39, 0.29) is 42.7 Å². The zero-order valence-corrected chi connectivity index (χ0v) is 19.5. The Labute approximate surface area is 199 Å². The van der Waals surface area contributed by atoms with Gasteiger partial charge in [0.1, 0.15) is 6.61 Å². The van der Waals surface area contributed by atoms with Crippen molar-refractivity contribution in [3.63, 3.8) is 0 Å². The lowest BCUT2D eigenvalue weighted by Crippen LogP contribution is -2.47. The minimum absolute atomic E-state index is 0.00167. The Morgan fingerprint density at radius 3 is 2.21 bits per heavy atom. The Hall–Kier alpha value is -3.35. The van der Waals surface area contributed by atoms with Crippen molar-refractivity contribution < 1.29 is 24.2 Å². The van der Waals surface area contributed by atoms with Gasteiger partial charge in [-0.25, -0.2) is 4.79 Å². The van der Waals surface area contributed by atoms with Gasteiger partial charge in [-0.1, -0.05) is 61.9 Å². The minimum Gasteiger partial charge on any atom is -0.481 e. The van der Waals surface area contributed by atoms with E-state index < -0.39 is 12.1 Å². The van der Waals surface area contributed by atoms with Crippen LogP contribution < -0.4 is 10.6 Å². The van der Waals surface area contributed by atoms with Gasteiger partial charge in [0.05, 0.1) is 6.42 Å². The van der Waals surface area contributed by atoms with E-state index in [4.69, 9.17) is 9.84 Å². The molecule has 0 saturated heterocycles. The standard InChI is InChI=1S/C27H32N2O5/c1-2-18(14-25(31)32)29-24(30)15-27(12-7-13-27)17-28-26(33)34-16-23-21-10-5-3-8-19(21)20-9-4-6-11-22(20)23/h3-6,8-11,18,23H,2,7,12-17H2,1H3,(H,28,33)(H,29,30)(H,31,32). The molecule has 1 unspecified atom stereocenters. The van der Waals surface area contributed by atoms with Gasteiger partial charge in [0.2, 0.25) is 5.91 Å². The first-order valence-electron chi connectivity index (χ1n) is 12.0. The van der Waals surface area contributed by atoms with Gasteiger partial charge in [-0.3, -0.25) is 9.59 Å². The summed E-state index contributed by atoms with van der Waals surface area (Å²) in [7, 11) is 0. The Morgan fingerprint density at radius 2 is 1.68 bits per heavy atom. The summed E-state index contributed by atoms with van der Waals surface area (Å²) < 4.78 is 5.62. The Bertz CT molecular complexity index is 1020. The van der Waals surface area contributed by atoms with Gasteiger partial charge in [0, 0.05) is 24.9 Å². The zero-order valence-electron chi connectivity index (χ0n) is 19.5. The Balaban J connectivity index is 1.30. The molecule has 180 valence electrons. The lowest BCUT2D eigenvalue weighted by atomic mass is 9.66. The number of nitrogens with one attached hydrogen (secondary N) is 2. The summed E-state index contributed by atoms with van der Waals surface area (Å²) >= 11 is 0. The predicted octanol–water partition coefficient (Wildman–Crippen LogP) is 4.46. The Kier molecular flexibility index (Phi) is 7.20. The van der Waals surface area contributed by atoms with E-state index in [1.807, 2.05) is 31.2 Å². The molecule has 0 spiro atoms. The molecular weight excluding hydrogens is 432 g/mol. The van der Waals surface area contributed by atoms with E-state index in [2.05, 4.69) is 34.9 Å². The number of carbonyl (C=O) groups excluding carboxylic acids is 2. The molecule has 2 aromatic carbocycles. The number of benzene rings is 2. The first-order valence-corrected chi connectivity index (χ1v) is 12.0. The normalized spacial score (nSPS) is 16.5. The molecule has 34 heavy (non-hydrogen) atoms. The van der Waals surface area contributed by atoms with Gasteiger partial charge < -0.3 is 20.5 Å². The molecular formula is C27H32N2O5. The van der Waals surface area contributed by atoms with Gasteiger partial charge in [-0.2, -0.15) is 0 Å². The summed E-state index contributed by atoms with van der Waals surface area (Å²) in [5.74, 6) is -1.09. The molecule has 1 saturated carbocycles. The van der Waals surface area contributed by atoms with Crippen LogP contribution in [0.4, 0.5) is 4.79 Å². The average Bonchev–Trinajstić information content (AvgIpc) is 3.12. The first-order chi connectivity index (χ1) is 16.4. The highest BCUT2D eigenvalue weighted by molar-refractivity contribution is 5.79. The molecule has 7 heteroatoms. The fourth-order valence-corrected chi connectivity index (χ4v) is 5.13. The number of alkyl carbamates (subject to hydrolysis) is 1. The van der Waals surface area contributed by atoms with Crippen LogP contribution in [-0.4, -0.2) is 42.3 Å². The molecule has 0 heterocycles. The van der Waals surface area contributed by atoms with E-state index in [9.17, 15) is 14.4 Å². The van der Waals surface area contributed by atoms with Crippen LogP contribution in [0.3, 0.4) is 0 Å². The van der Waals surface area contributed by atoms with Gasteiger partial charge in [-0.15, -0.1) is 0 Å². The number of fused-ring (bicyclic) bond motifs is 3. The number of carboxylic acid groups (broad SMARTS) is 1. The van der Waals surface area contributed by atoms with Crippen LogP contribution in [-0.2, 0) is 14.3 Å². The van der Waals surface area contributed by atoms with Crippen LogP contribution in [0.25, 0.3) is 11.1 Å². The van der Waals surface area contributed by atoms with Crippen LogP contribution in [0, 0.1) is 5.41 Å². The van der Waals surface area contributed by atoms with Crippen LogP contribution in [0.15, 0.2) is 48.5 Å². The molecule has 2 aromatic rings. The van der Waals surface area contributed by atoms with Crippen molar-refractivity contribution in [3.05, 3.63) is 59.7 Å². The van der Waals surface area contributed by atoms with E-state index in [0.717, 1.165) is 30.4 Å². The monoisotopic (exact) mass is 464 g/mol. The van der Waals surface area contributed by atoms with E-state index in [0.29, 0.717) is 13.0 Å². The second-order valence-corrected chi connectivity index (χ2v) is 9.48. The second kappa shape index (κ2) is 10.3. The van der Waals surface area contributed by atoms with Crippen LogP contribution in [0.5, 0.6) is 0 Å². The summed E-state index contributed by atoms with van der Waals surface area (Å²) in [6.45, 7) is 2.47. The van der Waals surface area contributed by atoms with Gasteiger partial charge in [0.15, 0.2) is 0 Å². The summed E-state index contributed by atoms with van der Waals surface area (Å²) in [6, 6.07) is 16.0. The maximum absolute atomic E-state index is 12.5. The largest absolute Gasteiger partial charge is 0.481 e. The molecule has 1 atom stereocenters. The van der Waals surface area contributed by atoms with Gasteiger partial charge >= 0.3 is 12.1 Å². The maximum Gasteiger partial charge on any atom is 0.407 e. The van der Waals surface area contributed by atoms with E-state index in [1.165, 1.54) is 11.1 Å².